The van der Waals surface area contributed by atoms with Crippen molar-refractivity contribution in [3.63, 3.8) is 0 Å². The van der Waals surface area contributed by atoms with E-state index >= 15 is 0 Å². The maximum Gasteiger partial charge on any atom is 0.266 e. The van der Waals surface area contributed by atoms with Gasteiger partial charge >= 0.3 is 0 Å². The summed E-state index contributed by atoms with van der Waals surface area (Å²) in [6.45, 7) is 1.84. The van der Waals surface area contributed by atoms with Crippen molar-refractivity contribution >= 4 is 16.7 Å². The van der Waals surface area contributed by atoms with Crippen molar-refractivity contribution in [2.75, 3.05) is 18.6 Å². The van der Waals surface area contributed by atoms with Gasteiger partial charge in [-0.2, -0.15) is 9.47 Å². The van der Waals surface area contributed by atoms with E-state index in [0.29, 0.717) is 19.0 Å². The number of rotatable bonds is 6. The minimum Gasteiger partial charge on any atom is -0.377 e. The van der Waals surface area contributed by atoms with Crippen LogP contribution in [-0.2, 0) is 17.9 Å². The zero-order valence-electron chi connectivity index (χ0n) is 15.0. The number of hydrogen-bond acceptors (Lipinski definition) is 8. The number of methoxy groups -OCH3 is 1. The van der Waals surface area contributed by atoms with Gasteiger partial charge in [0.05, 0.1) is 18.3 Å². The first-order valence-electron chi connectivity index (χ1n) is 8.81. The van der Waals surface area contributed by atoms with Gasteiger partial charge in [0.2, 0.25) is 5.13 Å². The summed E-state index contributed by atoms with van der Waals surface area (Å²) in [5.41, 5.74) is 1.60. The van der Waals surface area contributed by atoms with Crippen molar-refractivity contribution in [3.8, 4) is 11.3 Å². The van der Waals surface area contributed by atoms with Crippen LogP contribution in [-0.4, -0.2) is 43.8 Å². The summed E-state index contributed by atoms with van der Waals surface area (Å²) in [4.78, 5) is 23.2. The lowest BCUT2D eigenvalue weighted by Crippen LogP contribution is -2.37. The van der Waals surface area contributed by atoms with Gasteiger partial charge in [0, 0.05) is 49.2 Å². The van der Waals surface area contributed by atoms with Crippen LogP contribution in [0.5, 0.6) is 0 Å². The average molecular weight is 384 g/mol. The Bertz CT molecular complexity index is 958. The fourth-order valence-electron chi connectivity index (χ4n) is 3.28. The molecule has 3 aromatic rings. The molecule has 0 spiro atoms. The first-order valence-corrected chi connectivity index (χ1v) is 9.58. The highest BCUT2D eigenvalue weighted by atomic mass is 32.1. The molecular formula is C18H20N6O2S. The lowest BCUT2D eigenvalue weighted by molar-refractivity contribution is 0.179. The fraction of sp³-hybridized carbons (Fsp3) is 0.389. The van der Waals surface area contributed by atoms with Crippen LogP contribution in [0.1, 0.15) is 18.7 Å². The Labute approximate surface area is 160 Å². The third kappa shape index (κ3) is 3.88. The Morgan fingerprint density at radius 2 is 2.11 bits per heavy atom. The lowest BCUT2D eigenvalue weighted by atomic mass is 10.2. The van der Waals surface area contributed by atoms with E-state index in [-0.39, 0.29) is 11.6 Å². The van der Waals surface area contributed by atoms with Crippen LogP contribution in [0.25, 0.3) is 11.3 Å². The Morgan fingerprint density at radius 1 is 1.26 bits per heavy atom. The molecule has 27 heavy (non-hydrogen) atoms. The highest BCUT2D eigenvalue weighted by Crippen LogP contribution is 2.28. The van der Waals surface area contributed by atoms with Gasteiger partial charge in [-0.25, -0.2) is 9.67 Å². The minimum atomic E-state index is -0.100. The van der Waals surface area contributed by atoms with Gasteiger partial charge in [0.15, 0.2) is 5.82 Å². The van der Waals surface area contributed by atoms with E-state index in [4.69, 9.17) is 4.74 Å². The average Bonchev–Trinajstić information content (AvgIpc) is 3.34. The second kappa shape index (κ2) is 7.93. The predicted molar refractivity (Wildman–Crippen MR) is 103 cm³/mol. The molecule has 0 saturated carbocycles. The highest BCUT2D eigenvalue weighted by molar-refractivity contribution is 7.09. The quantitative estimate of drug-likeness (QED) is 0.642. The van der Waals surface area contributed by atoms with Crippen LogP contribution in [0, 0.1) is 0 Å². The van der Waals surface area contributed by atoms with Crippen LogP contribution >= 0.6 is 11.5 Å². The van der Waals surface area contributed by atoms with Crippen molar-refractivity contribution in [2.24, 2.45) is 0 Å². The molecule has 1 unspecified atom stereocenters. The smallest absolute Gasteiger partial charge is 0.266 e. The summed E-state index contributed by atoms with van der Waals surface area (Å²) < 4.78 is 11.0. The summed E-state index contributed by atoms with van der Waals surface area (Å²) in [7, 11) is 1.63. The molecular weight excluding hydrogens is 364 g/mol. The van der Waals surface area contributed by atoms with Gasteiger partial charge in [0.1, 0.15) is 6.61 Å². The van der Waals surface area contributed by atoms with Crippen molar-refractivity contribution in [3.05, 3.63) is 52.8 Å². The number of nitrogens with zero attached hydrogens (tertiary/aromatic N) is 6. The van der Waals surface area contributed by atoms with Crippen molar-refractivity contribution in [1.82, 2.24) is 24.1 Å². The van der Waals surface area contributed by atoms with Crippen LogP contribution in [0.2, 0.25) is 0 Å². The topological polar surface area (TPSA) is 86.0 Å². The second-order valence-electron chi connectivity index (χ2n) is 6.39. The van der Waals surface area contributed by atoms with E-state index in [9.17, 15) is 4.79 Å². The van der Waals surface area contributed by atoms with Crippen molar-refractivity contribution in [2.45, 2.75) is 32.0 Å². The Kier molecular flexibility index (Phi) is 5.21. The van der Waals surface area contributed by atoms with E-state index in [1.165, 1.54) is 11.5 Å². The maximum absolute atomic E-state index is 12.4. The summed E-state index contributed by atoms with van der Waals surface area (Å²) in [6, 6.07) is 7.27. The van der Waals surface area contributed by atoms with Gasteiger partial charge in [-0.3, -0.25) is 9.78 Å². The van der Waals surface area contributed by atoms with Gasteiger partial charge < -0.3 is 9.64 Å². The van der Waals surface area contributed by atoms with E-state index < -0.39 is 0 Å². The summed E-state index contributed by atoms with van der Waals surface area (Å²) in [5, 5.41) is 5.44. The van der Waals surface area contributed by atoms with E-state index in [1.807, 2.05) is 12.1 Å². The van der Waals surface area contributed by atoms with E-state index in [1.54, 1.807) is 36.3 Å². The zero-order valence-corrected chi connectivity index (χ0v) is 15.8. The van der Waals surface area contributed by atoms with Gasteiger partial charge in [-0.15, -0.1) is 0 Å². The molecule has 3 aromatic heterocycles. The van der Waals surface area contributed by atoms with E-state index in [0.717, 1.165) is 35.8 Å². The lowest BCUT2D eigenvalue weighted by Gasteiger charge is -2.23. The molecule has 1 aliphatic heterocycles. The maximum atomic E-state index is 12.4. The van der Waals surface area contributed by atoms with Crippen molar-refractivity contribution in [1.29, 1.82) is 0 Å². The van der Waals surface area contributed by atoms with Gasteiger partial charge in [0.25, 0.3) is 5.56 Å². The number of aromatic nitrogens is 5. The molecule has 4 rings (SSSR count). The van der Waals surface area contributed by atoms with Crippen LogP contribution < -0.4 is 10.5 Å². The number of anilines is 1. The molecule has 1 atom stereocenters. The largest absolute Gasteiger partial charge is 0.377 e. The molecule has 0 radical (unpaired) electrons. The number of pyridine rings is 1. The predicted octanol–water partition coefficient (Wildman–Crippen LogP) is 1.97. The summed E-state index contributed by atoms with van der Waals surface area (Å²) in [6.07, 6.45) is 5.49. The third-order valence-electron chi connectivity index (χ3n) is 4.58. The molecule has 1 saturated heterocycles. The summed E-state index contributed by atoms with van der Waals surface area (Å²) >= 11 is 1.38. The Hall–Kier alpha value is -2.65. The van der Waals surface area contributed by atoms with Crippen LogP contribution in [0.4, 0.5) is 5.13 Å². The van der Waals surface area contributed by atoms with E-state index in [2.05, 4.69) is 24.3 Å². The molecule has 4 heterocycles. The molecule has 0 aromatic carbocycles. The fourth-order valence-corrected chi connectivity index (χ4v) is 4.05. The molecule has 8 nitrogen and oxygen atoms in total. The number of hydrogen-bond donors (Lipinski definition) is 0. The molecule has 9 heteroatoms. The molecule has 140 valence electrons. The normalized spacial score (nSPS) is 16.8. The Morgan fingerprint density at radius 3 is 2.93 bits per heavy atom. The Balaban J connectivity index is 1.56. The highest BCUT2D eigenvalue weighted by Gasteiger charge is 2.28. The zero-order chi connectivity index (χ0) is 18.6. The van der Waals surface area contributed by atoms with Crippen LogP contribution in [0.3, 0.4) is 0 Å². The SMILES string of the molecule is COCc1nsc(N2CCCC2Cn2nc(-c3ccncc3)ccc2=O)n1. The summed E-state index contributed by atoms with van der Waals surface area (Å²) in [5.74, 6) is 0.693. The molecule has 0 bridgehead atoms. The standard InChI is InChI=1S/C18H20N6O2S/c1-26-12-16-20-18(27-22-16)23-10-2-3-14(23)11-24-17(25)5-4-15(21-24)13-6-8-19-9-7-13/h4-9,14H,2-3,10-12H2,1H3. The van der Waals surface area contributed by atoms with Crippen molar-refractivity contribution < 1.29 is 4.74 Å². The van der Waals surface area contributed by atoms with Gasteiger partial charge in [-0.1, -0.05) is 0 Å². The second-order valence-corrected chi connectivity index (χ2v) is 7.12. The third-order valence-corrected chi connectivity index (χ3v) is 5.37. The molecule has 1 aliphatic rings. The molecule has 0 aliphatic carbocycles. The van der Waals surface area contributed by atoms with Gasteiger partial charge in [-0.05, 0) is 31.0 Å². The first kappa shape index (κ1) is 17.7. The molecule has 0 amide bonds. The molecule has 1 fully saturated rings. The molecule has 0 N–H and O–H groups in total. The monoisotopic (exact) mass is 384 g/mol. The van der Waals surface area contributed by atoms with Crippen LogP contribution in [0.15, 0.2) is 41.5 Å². The minimum absolute atomic E-state index is 0.100. The number of ether oxygens (including phenoxy) is 1. The first-order chi connectivity index (χ1) is 13.2.